The van der Waals surface area contributed by atoms with Crippen molar-refractivity contribution >= 4 is 28.5 Å². The number of rotatable bonds is 6. The number of nitrogens with zero attached hydrogens (tertiary/aromatic N) is 3. The van der Waals surface area contributed by atoms with Gasteiger partial charge in [0.15, 0.2) is 17.3 Å². The SMILES string of the molecule is O=C(O)CC1CCCN1c1nc(-c2ccc(-c3cnco3)cc2)c(-c2cccc3c2C=CC3)s1. The molecule has 1 N–H and O–H groups in total. The number of carbonyl (C=O) groups is 1. The largest absolute Gasteiger partial charge is 0.481 e. The van der Waals surface area contributed by atoms with Crippen LogP contribution in [-0.2, 0) is 11.2 Å². The number of aliphatic carboxylic acids is 1. The third kappa shape index (κ3) is 3.72. The molecule has 3 heterocycles. The molecule has 34 heavy (non-hydrogen) atoms. The molecule has 7 heteroatoms. The summed E-state index contributed by atoms with van der Waals surface area (Å²) in [5, 5.41) is 10.3. The number of anilines is 1. The van der Waals surface area contributed by atoms with Crippen molar-refractivity contribution in [3.8, 4) is 33.0 Å². The maximum atomic E-state index is 11.4. The number of carboxylic acid groups (broad SMARTS) is 1. The summed E-state index contributed by atoms with van der Waals surface area (Å²) in [6.07, 6.45) is 10.5. The molecule has 1 aliphatic heterocycles. The molecule has 4 aromatic rings. The van der Waals surface area contributed by atoms with E-state index < -0.39 is 5.97 Å². The zero-order chi connectivity index (χ0) is 23.1. The van der Waals surface area contributed by atoms with E-state index >= 15 is 0 Å². The average molecular weight is 470 g/mol. The van der Waals surface area contributed by atoms with Gasteiger partial charge in [-0.05, 0) is 30.4 Å². The highest BCUT2D eigenvalue weighted by atomic mass is 32.1. The van der Waals surface area contributed by atoms with Gasteiger partial charge in [-0.15, -0.1) is 0 Å². The minimum Gasteiger partial charge on any atom is -0.481 e. The first kappa shape index (κ1) is 20.9. The van der Waals surface area contributed by atoms with Gasteiger partial charge in [0.05, 0.1) is 23.2 Å². The Balaban J connectivity index is 1.46. The maximum Gasteiger partial charge on any atom is 0.305 e. The van der Waals surface area contributed by atoms with Gasteiger partial charge in [0.2, 0.25) is 0 Å². The maximum absolute atomic E-state index is 11.4. The molecule has 170 valence electrons. The quantitative estimate of drug-likeness (QED) is 0.365. The second-order valence-corrected chi connectivity index (χ2v) is 9.67. The van der Waals surface area contributed by atoms with E-state index in [0.29, 0.717) is 0 Å². The molecule has 1 aliphatic carbocycles. The van der Waals surface area contributed by atoms with Crippen LogP contribution >= 0.6 is 11.3 Å². The number of aromatic nitrogens is 2. The van der Waals surface area contributed by atoms with Crippen molar-refractivity contribution in [1.29, 1.82) is 0 Å². The minimum absolute atomic E-state index is 0.0143. The molecule has 0 radical (unpaired) electrons. The van der Waals surface area contributed by atoms with Crippen molar-refractivity contribution in [2.75, 3.05) is 11.4 Å². The number of benzene rings is 2. The molecule has 0 saturated carbocycles. The van der Waals surface area contributed by atoms with Crippen molar-refractivity contribution in [1.82, 2.24) is 9.97 Å². The molecular formula is C27H23N3O3S. The highest BCUT2D eigenvalue weighted by molar-refractivity contribution is 7.19. The van der Waals surface area contributed by atoms with Gasteiger partial charge in [-0.1, -0.05) is 66.0 Å². The molecule has 0 amide bonds. The minimum atomic E-state index is -0.761. The van der Waals surface area contributed by atoms with Crippen LogP contribution in [-0.4, -0.2) is 33.6 Å². The Morgan fingerprint density at radius 1 is 1.18 bits per heavy atom. The van der Waals surface area contributed by atoms with Gasteiger partial charge in [-0.25, -0.2) is 9.97 Å². The van der Waals surface area contributed by atoms with E-state index in [1.54, 1.807) is 17.5 Å². The van der Waals surface area contributed by atoms with Crippen LogP contribution in [0.5, 0.6) is 0 Å². The molecule has 1 saturated heterocycles. The lowest BCUT2D eigenvalue weighted by atomic mass is 9.99. The van der Waals surface area contributed by atoms with Crippen LogP contribution in [0.1, 0.15) is 30.4 Å². The standard InChI is InChI=1S/C27H23N3O3S/c31-24(32)14-20-6-3-13-30(20)27-29-25(19-11-9-18(10-12-19)23-15-28-16-33-23)26(34-27)22-8-2-5-17-4-1-7-21(17)22/h1-2,5,7-12,15-16,20H,3-4,6,13-14H2,(H,31,32). The Labute approximate surface area is 201 Å². The molecule has 6 nitrogen and oxygen atoms in total. The van der Waals surface area contributed by atoms with Crippen LogP contribution in [0.4, 0.5) is 5.13 Å². The number of allylic oxidation sites excluding steroid dienone is 1. The van der Waals surface area contributed by atoms with Crippen LogP contribution < -0.4 is 4.90 Å². The first-order chi connectivity index (χ1) is 16.7. The van der Waals surface area contributed by atoms with Crippen LogP contribution in [0, 0.1) is 0 Å². The van der Waals surface area contributed by atoms with E-state index in [1.807, 2.05) is 12.1 Å². The van der Waals surface area contributed by atoms with Gasteiger partial charge in [0.1, 0.15) is 0 Å². The van der Waals surface area contributed by atoms with Crippen LogP contribution in [0.25, 0.3) is 39.1 Å². The first-order valence-electron chi connectivity index (χ1n) is 11.4. The zero-order valence-electron chi connectivity index (χ0n) is 18.5. The predicted molar refractivity (Wildman–Crippen MR) is 134 cm³/mol. The summed E-state index contributed by atoms with van der Waals surface area (Å²) in [5.74, 6) is -0.0340. The summed E-state index contributed by atoms with van der Waals surface area (Å²) < 4.78 is 5.44. The summed E-state index contributed by atoms with van der Waals surface area (Å²) in [6.45, 7) is 0.835. The third-order valence-electron chi connectivity index (χ3n) is 6.59. The topological polar surface area (TPSA) is 79.5 Å². The van der Waals surface area contributed by atoms with E-state index in [4.69, 9.17) is 9.40 Å². The Hall–Kier alpha value is -3.71. The highest BCUT2D eigenvalue weighted by Crippen LogP contribution is 2.45. The van der Waals surface area contributed by atoms with Gasteiger partial charge in [0.25, 0.3) is 0 Å². The van der Waals surface area contributed by atoms with E-state index in [2.05, 4.69) is 52.4 Å². The molecule has 2 aliphatic rings. The molecule has 0 spiro atoms. The lowest BCUT2D eigenvalue weighted by Gasteiger charge is -2.22. The van der Waals surface area contributed by atoms with Crippen LogP contribution in [0.2, 0.25) is 0 Å². The van der Waals surface area contributed by atoms with Crippen molar-refractivity contribution in [2.45, 2.75) is 31.7 Å². The van der Waals surface area contributed by atoms with Gasteiger partial charge in [-0.3, -0.25) is 4.79 Å². The van der Waals surface area contributed by atoms with Gasteiger partial charge < -0.3 is 14.4 Å². The van der Waals surface area contributed by atoms with Crippen molar-refractivity contribution in [2.24, 2.45) is 0 Å². The Bertz CT molecular complexity index is 1370. The monoisotopic (exact) mass is 469 g/mol. The summed E-state index contributed by atoms with van der Waals surface area (Å²) in [5.41, 5.74) is 6.67. The van der Waals surface area contributed by atoms with Crippen molar-refractivity contribution in [3.63, 3.8) is 0 Å². The Morgan fingerprint density at radius 3 is 2.82 bits per heavy atom. The summed E-state index contributed by atoms with van der Waals surface area (Å²) in [6, 6.07) is 14.6. The van der Waals surface area contributed by atoms with E-state index in [-0.39, 0.29) is 12.5 Å². The normalized spacial score (nSPS) is 16.8. The van der Waals surface area contributed by atoms with E-state index in [1.165, 1.54) is 23.1 Å². The number of hydrogen-bond acceptors (Lipinski definition) is 6. The van der Waals surface area contributed by atoms with Crippen molar-refractivity contribution in [3.05, 3.63) is 72.3 Å². The molecule has 6 rings (SSSR count). The molecule has 1 atom stereocenters. The smallest absolute Gasteiger partial charge is 0.305 e. The lowest BCUT2D eigenvalue weighted by molar-refractivity contribution is -0.137. The zero-order valence-corrected chi connectivity index (χ0v) is 19.3. The van der Waals surface area contributed by atoms with Gasteiger partial charge >= 0.3 is 5.97 Å². The van der Waals surface area contributed by atoms with E-state index in [0.717, 1.165) is 58.4 Å². The number of carboxylic acids is 1. The fourth-order valence-electron chi connectivity index (χ4n) is 4.95. The Kier molecular flexibility index (Phi) is 5.26. The highest BCUT2D eigenvalue weighted by Gasteiger charge is 2.30. The molecule has 2 aromatic heterocycles. The first-order valence-corrected chi connectivity index (χ1v) is 12.3. The molecule has 0 bridgehead atoms. The fraction of sp³-hybridized carbons (Fsp3) is 0.222. The summed E-state index contributed by atoms with van der Waals surface area (Å²) in [7, 11) is 0. The lowest BCUT2D eigenvalue weighted by Crippen LogP contribution is -2.31. The van der Waals surface area contributed by atoms with Crippen molar-refractivity contribution < 1.29 is 14.3 Å². The Morgan fingerprint density at radius 2 is 2.03 bits per heavy atom. The number of thiazole rings is 1. The second kappa shape index (κ2) is 8.57. The number of oxazole rings is 1. The fourth-order valence-corrected chi connectivity index (χ4v) is 6.18. The number of fused-ring (bicyclic) bond motifs is 1. The van der Waals surface area contributed by atoms with Crippen LogP contribution in [0.15, 0.2) is 65.5 Å². The van der Waals surface area contributed by atoms with Crippen LogP contribution in [0.3, 0.4) is 0 Å². The summed E-state index contributed by atoms with van der Waals surface area (Å²) >= 11 is 1.66. The third-order valence-corrected chi connectivity index (χ3v) is 7.71. The van der Waals surface area contributed by atoms with E-state index in [9.17, 15) is 9.90 Å². The second-order valence-electron chi connectivity index (χ2n) is 8.69. The number of hydrogen-bond donors (Lipinski definition) is 1. The molecule has 1 fully saturated rings. The molecular weight excluding hydrogens is 446 g/mol. The predicted octanol–water partition coefficient (Wildman–Crippen LogP) is 6.14. The molecule has 1 unspecified atom stereocenters. The average Bonchev–Trinajstić information content (AvgIpc) is 3.65. The van der Waals surface area contributed by atoms with Gasteiger partial charge in [-0.2, -0.15) is 0 Å². The summed E-state index contributed by atoms with van der Waals surface area (Å²) in [4.78, 5) is 23.9. The van der Waals surface area contributed by atoms with Gasteiger partial charge in [0, 0.05) is 29.3 Å². The molecule has 2 aromatic carbocycles.